The molecule has 1 N–H and O–H groups in total. The number of carbonyl (C=O) groups is 1. The van der Waals surface area contributed by atoms with Crippen molar-refractivity contribution in [2.24, 2.45) is 10.2 Å². The Morgan fingerprint density at radius 2 is 1.85 bits per heavy atom. The molecular formula is C14H11IN2O3. The summed E-state index contributed by atoms with van der Waals surface area (Å²) in [6, 6.07) is 11.5. The molecular weight excluding hydrogens is 371 g/mol. The molecule has 20 heavy (non-hydrogen) atoms. The SMILES string of the molecule is COC(=O)c1ccc(N=Nc2ccc(O)cc2I)cc1. The summed E-state index contributed by atoms with van der Waals surface area (Å²) in [5, 5.41) is 17.5. The first-order valence-corrected chi connectivity index (χ1v) is 6.76. The van der Waals surface area contributed by atoms with Crippen molar-refractivity contribution in [3.63, 3.8) is 0 Å². The van der Waals surface area contributed by atoms with E-state index in [1.54, 1.807) is 42.5 Å². The van der Waals surface area contributed by atoms with Crippen LogP contribution in [-0.4, -0.2) is 18.2 Å². The zero-order valence-electron chi connectivity index (χ0n) is 10.6. The largest absolute Gasteiger partial charge is 0.508 e. The van der Waals surface area contributed by atoms with Crippen molar-refractivity contribution in [2.45, 2.75) is 0 Å². The Balaban J connectivity index is 2.17. The maximum atomic E-state index is 11.3. The number of rotatable bonds is 3. The third-order valence-electron chi connectivity index (χ3n) is 2.49. The topological polar surface area (TPSA) is 71.2 Å². The molecule has 0 spiro atoms. The summed E-state index contributed by atoms with van der Waals surface area (Å²) in [4.78, 5) is 11.3. The highest BCUT2D eigenvalue weighted by Gasteiger charge is 2.04. The van der Waals surface area contributed by atoms with E-state index < -0.39 is 0 Å². The molecule has 0 heterocycles. The predicted molar refractivity (Wildman–Crippen MR) is 82.8 cm³/mol. The van der Waals surface area contributed by atoms with Crippen LogP contribution >= 0.6 is 22.6 Å². The number of phenolic OH excluding ortho intramolecular Hbond substituents is 1. The van der Waals surface area contributed by atoms with Gasteiger partial charge >= 0.3 is 5.97 Å². The molecule has 0 aliphatic rings. The molecule has 0 radical (unpaired) electrons. The van der Waals surface area contributed by atoms with E-state index in [1.807, 2.05) is 0 Å². The summed E-state index contributed by atoms with van der Waals surface area (Å²) in [5.74, 6) is -0.197. The highest BCUT2D eigenvalue weighted by atomic mass is 127. The Hall–Kier alpha value is -1.96. The predicted octanol–water partition coefficient (Wildman–Crippen LogP) is 4.20. The molecule has 0 aliphatic carbocycles. The van der Waals surface area contributed by atoms with Crippen LogP contribution in [0.2, 0.25) is 0 Å². The number of methoxy groups -OCH3 is 1. The van der Waals surface area contributed by atoms with Crippen LogP contribution in [0.3, 0.4) is 0 Å². The van der Waals surface area contributed by atoms with Gasteiger partial charge in [-0.3, -0.25) is 0 Å². The van der Waals surface area contributed by atoms with Crippen molar-refractivity contribution in [1.29, 1.82) is 0 Å². The van der Waals surface area contributed by atoms with Gasteiger partial charge < -0.3 is 9.84 Å². The number of hydrogen-bond acceptors (Lipinski definition) is 5. The van der Waals surface area contributed by atoms with E-state index in [2.05, 4.69) is 37.6 Å². The fourth-order valence-corrected chi connectivity index (χ4v) is 2.08. The highest BCUT2D eigenvalue weighted by molar-refractivity contribution is 14.1. The maximum Gasteiger partial charge on any atom is 0.337 e. The first-order chi connectivity index (χ1) is 9.60. The molecule has 2 rings (SSSR count). The minimum Gasteiger partial charge on any atom is -0.508 e. The van der Waals surface area contributed by atoms with Crippen molar-refractivity contribution in [1.82, 2.24) is 0 Å². The molecule has 0 saturated carbocycles. The lowest BCUT2D eigenvalue weighted by Crippen LogP contribution is -1.99. The van der Waals surface area contributed by atoms with Crippen LogP contribution in [0, 0.1) is 3.57 Å². The van der Waals surface area contributed by atoms with Gasteiger partial charge in [-0.2, -0.15) is 5.11 Å². The number of carbonyl (C=O) groups excluding carboxylic acids is 1. The van der Waals surface area contributed by atoms with Gasteiger partial charge in [0, 0.05) is 3.57 Å². The number of esters is 1. The van der Waals surface area contributed by atoms with Gasteiger partial charge in [-0.25, -0.2) is 4.79 Å². The minimum atomic E-state index is -0.387. The van der Waals surface area contributed by atoms with Gasteiger partial charge in [-0.05, 0) is 65.1 Å². The number of phenols is 1. The molecule has 0 atom stereocenters. The van der Waals surface area contributed by atoms with Crippen LogP contribution in [0.4, 0.5) is 11.4 Å². The van der Waals surface area contributed by atoms with E-state index in [0.717, 1.165) is 3.57 Å². The minimum absolute atomic E-state index is 0.191. The van der Waals surface area contributed by atoms with Crippen molar-refractivity contribution < 1.29 is 14.6 Å². The van der Waals surface area contributed by atoms with Crippen LogP contribution in [0.1, 0.15) is 10.4 Å². The molecule has 2 aromatic rings. The van der Waals surface area contributed by atoms with Gasteiger partial charge in [0.1, 0.15) is 5.75 Å². The Morgan fingerprint density at radius 3 is 2.45 bits per heavy atom. The standard InChI is InChI=1S/C14H11IN2O3/c1-20-14(19)9-2-4-10(5-3-9)16-17-13-7-6-11(18)8-12(13)15/h2-8,18H,1H3. The molecule has 0 unspecified atom stereocenters. The first-order valence-electron chi connectivity index (χ1n) is 5.69. The number of nitrogens with zero attached hydrogens (tertiary/aromatic N) is 2. The smallest absolute Gasteiger partial charge is 0.337 e. The monoisotopic (exact) mass is 382 g/mol. The average molecular weight is 382 g/mol. The lowest BCUT2D eigenvalue weighted by atomic mass is 10.2. The number of benzene rings is 2. The van der Waals surface area contributed by atoms with E-state index in [1.165, 1.54) is 7.11 Å². The number of hydrogen-bond donors (Lipinski definition) is 1. The molecule has 0 saturated heterocycles. The van der Waals surface area contributed by atoms with Gasteiger partial charge in [0.05, 0.1) is 24.0 Å². The van der Waals surface area contributed by atoms with Crippen molar-refractivity contribution in [3.8, 4) is 5.75 Å². The molecule has 0 amide bonds. The Labute approximate surface area is 129 Å². The zero-order chi connectivity index (χ0) is 14.5. The summed E-state index contributed by atoms with van der Waals surface area (Å²) in [5.41, 5.74) is 1.76. The van der Waals surface area contributed by atoms with Crippen LogP contribution in [0.15, 0.2) is 52.7 Å². The van der Waals surface area contributed by atoms with E-state index in [0.29, 0.717) is 16.9 Å². The van der Waals surface area contributed by atoms with Crippen LogP contribution < -0.4 is 0 Å². The summed E-state index contributed by atoms with van der Waals surface area (Å²) in [6.45, 7) is 0. The van der Waals surface area contributed by atoms with Crippen molar-refractivity contribution in [3.05, 3.63) is 51.6 Å². The average Bonchev–Trinajstić information content (AvgIpc) is 2.46. The zero-order valence-corrected chi connectivity index (χ0v) is 12.7. The molecule has 102 valence electrons. The second kappa shape index (κ2) is 6.47. The van der Waals surface area contributed by atoms with Crippen LogP contribution in [-0.2, 0) is 4.74 Å². The third-order valence-corrected chi connectivity index (χ3v) is 3.36. The van der Waals surface area contributed by atoms with E-state index in [4.69, 9.17) is 0 Å². The van der Waals surface area contributed by atoms with Gasteiger partial charge in [-0.15, -0.1) is 5.11 Å². The van der Waals surface area contributed by atoms with Gasteiger partial charge in [0.25, 0.3) is 0 Å². The molecule has 6 heteroatoms. The fourth-order valence-electron chi connectivity index (χ4n) is 1.47. The molecule has 5 nitrogen and oxygen atoms in total. The molecule has 2 aromatic carbocycles. The summed E-state index contributed by atoms with van der Waals surface area (Å²) >= 11 is 2.07. The quantitative estimate of drug-likeness (QED) is 0.492. The van der Waals surface area contributed by atoms with Crippen molar-refractivity contribution >= 4 is 39.9 Å². The second-order valence-corrected chi connectivity index (χ2v) is 5.04. The molecule has 0 bridgehead atoms. The normalized spacial score (nSPS) is 10.7. The highest BCUT2D eigenvalue weighted by Crippen LogP contribution is 2.27. The van der Waals surface area contributed by atoms with E-state index in [9.17, 15) is 9.90 Å². The Bertz CT molecular complexity index is 654. The number of aromatic hydroxyl groups is 1. The van der Waals surface area contributed by atoms with Crippen LogP contribution in [0.25, 0.3) is 0 Å². The van der Waals surface area contributed by atoms with Crippen LogP contribution in [0.5, 0.6) is 5.75 Å². The van der Waals surface area contributed by atoms with Gasteiger partial charge in [0.15, 0.2) is 0 Å². The first kappa shape index (κ1) is 14.4. The van der Waals surface area contributed by atoms with Crippen molar-refractivity contribution in [2.75, 3.05) is 7.11 Å². The Kier molecular flexibility index (Phi) is 4.67. The lowest BCUT2D eigenvalue weighted by Gasteiger charge is -2.00. The van der Waals surface area contributed by atoms with E-state index in [-0.39, 0.29) is 11.7 Å². The summed E-state index contributed by atoms with van der Waals surface area (Å²) < 4.78 is 5.42. The van der Waals surface area contributed by atoms with Gasteiger partial charge in [-0.1, -0.05) is 0 Å². The van der Waals surface area contributed by atoms with E-state index >= 15 is 0 Å². The number of ether oxygens (including phenoxy) is 1. The molecule has 0 aliphatic heterocycles. The number of halogens is 1. The Morgan fingerprint density at radius 1 is 1.15 bits per heavy atom. The maximum absolute atomic E-state index is 11.3. The number of azo groups is 1. The van der Waals surface area contributed by atoms with Gasteiger partial charge in [0.2, 0.25) is 0 Å². The lowest BCUT2D eigenvalue weighted by molar-refractivity contribution is 0.0601. The fraction of sp³-hybridized carbons (Fsp3) is 0.0714. The molecule has 0 aromatic heterocycles. The molecule has 0 fully saturated rings. The summed E-state index contributed by atoms with van der Waals surface area (Å²) in [7, 11) is 1.34. The second-order valence-electron chi connectivity index (χ2n) is 3.87. The third kappa shape index (κ3) is 3.53. The summed E-state index contributed by atoms with van der Waals surface area (Å²) in [6.07, 6.45) is 0.